The van der Waals surface area contributed by atoms with Gasteiger partial charge in [-0.2, -0.15) is 0 Å². The molecule has 0 heterocycles. The van der Waals surface area contributed by atoms with Crippen LogP contribution in [0.2, 0.25) is 0 Å². The van der Waals surface area contributed by atoms with Gasteiger partial charge in [0.2, 0.25) is 0 Å². The van der Waals surface area contributed by atoms with Crippen LogP contribution in [0.4, 0.5) is 7.77 Å². The summed E-state index contributed by atoms with van der Waals surface area (Å²) in [5.41, 5.74) is 0. The molecule has 0 saturated heterocycles. The summed E-state index contributed by atoms with van der Waals surface area (Å²) < 4.78 is 30.6. The zero-order chi connectivity index (χ0) is 7.82. The number of hydrogen-bond donors (Lipinski definition) is 0. The maximum atomic E-state index is 11.3. The first-order valence-corrected chi connectivity index (χ1v) is 4.07. The molecule has 0 aromatic carbocycles. The quantitative estimate of drug-likeness (QED) is 0.579. The Morgan fingerprint density at radius 2 is 2.10 bits per heavy atom. The largest absolute Gasteiger partial charge is 0.380 e. The first kappa shape index (κ1) is 9.97. The van der Waals surface area contributed by atoms with Crippen LogP contribution in [0.25, 0.3) is 0 Å². The highest BCUT2D eigenvalue weighted by atomic mass is 32.2. The van der Waals surface area contributed by atoms with Crippen molar-refractivity contribution in [3.63, 3.8) is 0 Å². The fraction of sp³-hybridized carbons (Fsp3) is 1.00. The summed E-state index contributed by atoms with van der Waals surface area (Å²) in [6, 6.07) is 0. The second-order valence-electron chi connectivity index (χ2n) is 1.66. The van der Waals surface area contributed by atoms with E-state index in [4.69, 9.17) is 4.74 Å². The van der Waals surface area contributed by atoms with E-state index in [0.29, 0.717) is 13.2 Å². The highest BCUT2D eigenvalue weighted by Crippen LogP contribution is 1.90. The minimum Gasteiger partial charge on any atom is -0.380 e. The lowest BCUT2D eigenvalue weighted by molar-refractivity contribution is 0.142. The molecule has 0 fully saturated rings. The minimum atomic E-state index is -2.78. The van der Waals surface area contributed by atoms with Gasteiger partial charge in [-0.3, -0.25) is 0 Å². The Morgan fingerprint density at radius 3 is 2.60 bits per heavy atom. The zero-order valence-electron chi connectivity index (χ0n) is 5.85. The molecule has 2 nitrogen and oxygen atoms in total. The third-order valence-electron chi connectivity index (χ3n) is 0.773. The highest BCUT2D eigenvalue weighted by molar-refractivity contribution is 7.76. The van der Waals surface area contributed by atoms with Crippen LogP contribution in [0.1, 0.15) is 13.3 Å². The molecule has 5 heteroatoms. The van der Waals surface area contributed by atoms with Gasteiger partial charge in [0.25, 0.3) is 11.5 Å². The van der Waals surface area contributed by atoms with E-state index in [9.17, 15) is 7.77 Å². The highest BCUT2D eigenvalue weighted by Gasteiger charge is 1.87. The standard InChI is InChI=1S/C5H11F2NOS/c1-2-4-9-5-3-8-10(6)7/h2-5H2,1H3. The average molecular weight is 171 g/mol. The van der Waals surface area contributed by atoms with E-state index in [-0.39, 0.29) is 6.54 Å². The van der Waals surface area contributed by atoms with Crippen molar-refractivity contribution in [3.8, 4) is 0 Å². The second kappa shape index (κ2) is 7.08. The molecule has 0 unspecified atom stereocenters. The van der Waals surface area contributed by atoms with Crippen molar-refractivity contribution in [1.82, 2.24) is 0 Å². The van der Waals surface area contributed by atoms with E-state index in [1.54, 1.807) is 0 Å². The Balaban J connectivity index is 2.98. The van der Waals surface area contributed by atoms with Crippen LogP contribution in [0.15, 0.2) is 4.36 Å². The summed E-state index contributed by atoms with van der Waals surface area (Å²) in [4.78, 5) is 0. The fourth-order valence-electron chi connectivity index (χ4n) is 0.417. The summed E-state index contributed by atoms with van der Waals surface area (Å²) in [5.74, 6) is 0. The SMILES string of the molecule is CCCOCCN=S(F)F. The Labute approximate surface area is 62.3 Å². The molecule has 0 amide bonds. The molecule has 62 valence electrons. The van der Waals surface area contributed by atoms with Crippen LogP contribution in [-0.4, -0.2) is 19.8 Å². The Bertz CT molecular complexity index is 106. The maximum absolute atomic E-state index is 11.3. The molecule has 0 aliphatic heterocycles. The number of halogens is 2. The number of rotatable bonds is 5. The molecule has 0 saturated carbocycles. The lowest BCUT2D eigenvalue weighted by Gasteiger charge is -1.96. The van der Waals surface area contributed by atoms with Gasteiger partial charge in [0, 0.05) is 6.61 Å². The van der Waals surface area contributed by atoms with Gasteiger partial charge >= 0.3 is 0 Å². The molecule has 0 aromatic heterocycles. The van der Waals surface area contributed by atoms with E-state index in [2.05, 4.69) is 4.36 Å². The molecule has 0 bridgehead atoms. The fourth-order valence-corrected chi connectivity index (χ4v) is 0.630. The van der Waals surface area contributed by atoms with Crippen molar-refractivity contribution < 1.29 is 12.5 Å². The van der Waals surface area contributed by atoms with E-state index in [1.165, 1.54) is 0 Å². The molecular formula is C5H11F2NOS. The molecule has 10 heavy (non-hydrogen) atoms. The number of hydrogen-bond acceptors (Lipinski definition) is 2. The van der Waals surface area contributed by atoms with Crippen molar-refractivity contribution in [2.75, 3.05) is 19.8 Å². The van der Waals surface area contributed by atoms with Gasteiger partial charge in [-0.25, -0.2) is 4.36 Å². The monoisotopic (exact) mass is 171 g/mol. The summed E-state index contributed by atoms with van der Waals surface area (Å²) in [5, 5.41) is 0. The molecule has 0 radical (unpaired) electrons. The number of nitrogens with zero attached hydrogens (tertiary/aromatic N) is 1. The predicted molar refractivity (Wildman–Crippen MR) is 38.0 cm³/mol. The van der Waals surface area contributed by atoms with E-state index >= 15 is 0 Å². The Kier molecular flexibility index (Phi) is 7.06. The zero-order valence-corrected chi connectivity index (χ0v) is 6.66. The third-order valence-corrected chi connectivity index (χ3v) is 1.15. The molecule has 0 rings (SSSR count). The van der Waals surface area contributed by atoms with Crippen LogP contribution >= 0.6 is 0 Å². The van der Waals surface area contributed by atoms with Crippen molar-refractivity contribution in [1.29, 1.82) is 0 Å². The summed E-state index contributed by atoms with van der Waals surface area (Å²) in [7, 11) is 0. The number of ether oxygens (including phenoxy) is 1. The maximum Gasteiger partial charge on any atom is 0.261 e. The molecule has 0 N–H and O–H groups in total. The van der Waals surface area contributed by atoms with Crippen LogP contribution in [0.5, 0.6) is 0 Å². The van der Waals surface area contributed by atoms with Gasteiger partial charge < -0.3 is 4.74 Å². The van der Waals surface area contributed by atoms with Crippen LogP contribution < -0.4 is 0 Å². The van der Waals surface area contributed by atoms with Gasteiger partial charge in [-0.15, -0.1) is 7.77 Å². The van der Waals surface area contributed by atoms with Crippen LogP contribution in [0.3, 0.4) is 0 Å². The predicted octanol–water partition coefficient (Wildman–Crippen LogP) is 1.98. The molecule has 0 aliphatic rings. The smallest absolute Gasteiger partial charge is 0.261 e. The van der Waals surface area contributed by atoms with Crippen molar-refractivity contribution in [2.24, 2.45) is 4.36 Å². The van der Waals surface area contributed by atoms with Crippen LogP contribution in [0, 0.1) is 0 Å². The summed E-state index contributed by atoms with van der Waals surface area (Å²) in [6.07, 6.45) is 0.914. The van der Waals surface area contributed by atoms with Gasteiger partial charge in [-0.05, 0) is 6.42 Å². The molecule has 0 spiro atoms. The van der Waals surface area contributed by atoms with Gasteiger partial charge in [0.1, 0.15) is 0 Å². The van der Waals surface area contributed by atoms with Crippen LogP contribution in [-0.2, 0) is 16.2 Å². The van der Waals surface area contributed by atoms with E-state index in [0.717, 1.165) is 6.42 Å². The molecule has 0 aliphatic carbocycles. The van der Waals surface area contributed by atoms with E-state index < -0.39 is 11.5 Å². The molecule has 0 aromatic rings. The summed E-state index contributed by atoms with van der Waals surface area (Å²) >= 11 is -2.78. The lowest BCUT2D eigenvalue weighted by atomic mass is 10.5. The van der Waals surface area contributed by atoms with Crippen molar-refractivity contribution >= 4 is 11.5 Å². The van der Waals surface area contributed by atoms with Gasteiger partial charge in [0.15, 0.2) is 0 Å². The normalized spacial score (nSPS) is 10.4. The van der Waals surface area contributed by atoms with Gasteiger partial charge in [-0.1, -0.05) is 6.92 Å². The molecular weight excluding hydrogens is 160 g/mol. The Hall–Kier alpha value is -0.0300. The topological polar surface area (TPSA) is 21.6 Å². The van der Waals surface area contributed by atoms with Crippen molar-refractivity contribution in [2.45, 2.75) is 13.3 Å². The average Bonchev–Trinajstić information content (AvgIpc) is 1.87. The van der Waals surface area contributed by atoms with Gasteiger partial charge in [0.05, 0.1) is 13.2 Å². The Morgan fingerprint density at radius 1 is 1.40 bits per heavy atom. The third kappa shape index (κ3) is 7.97. The first-order valence-electron chi connectivity index (χ1n) is 3.09. The van der Waals surface area contributed by atoms with E-state index in [1.807, 2.05) is 6.92 Å². The second-order valence-corrected chi connectivity index (χ2v) is 2.31. The van der Waals surface area contributed by atoms with Crippen molar-refractivity contribution in [3.05, 3.63) is 0 Å². The minimum absolute atomic E-state index is 0.107. The molecule has 0 atom stereocenters. The first-order chi connectivity index (χ1) is 4.77. The summed E-state index contributed by atoms with van der Waals surface area (Å²) in [6.45, 7) is 3.01. The lowest BCUT2D eigenvalue weighted by Crippen LogP contribution is -1.98.